The van der Waals surface area contributed by atoms with Crippen LogP contribution in [0.2, 0.25) is 0 Å². The molecule has 1 aliphatic heterocycles. The molecule has 1 saturated carbocycles. The largest absolute Gasteiger partial charge is 0.376 e. The predicted octanol–water partition coefficient (Wildman–Crippen LogP) is 2.84. The lowest BCUT2D eigenvalue weighted by Crippen LogP contribution is -2.40. The molecule has 1 amide bonds. The number of fused-ring (bicyclic) bond motifs is 1. The Kier molecular flexibility index (Phi) is 4.15. The summed E-state index contributed by atoms with van der Waals surface area (Å²) in [6.45, 7) is 2.58. The molecule has 134 valence electrons. The van der Waals surface area contributed by atoms with Gasteiger partial charge >= 0.3 is 0 Å². The van der Waals surface area contributed by atoms with Crippen LogP contribution in [0, 0.1) is 0 Å². The van der Waals surface area contributed by atoms with Gasteiger partial charge in [-0.2, -0.15) is 5.10 Å². The van der Waals surface area contributed by atoms with Crippen LogP contribution in [-0.2, 0) is 4.74 Å². The molecule has 2 fully saturated rings. The fraction of sp³-hybridized carbons (Fsp3) is 0.588. The summed E-state index contributed by atoms with van der Waals surface area (Å²) in [5.41, 5.74) is 0.800. The minimum atomic E-state index is -2.68. The van der Waals surface area contributed by atoms with Crippen molar-refractivity contribution in [3.05, 3.63) is 29.2 Å². The quantitative estimate of drug-likeness (QED) is 0.900. The number of hydrogen-bond donors (Lipinski definition) is 1. The lowest BCUT2D eigenvalue weighted by Gasteiger charge is -2.19. The van der Waals surface area contributed by atoms with E-state index in [-0.39, 0.29) is 40.9 Å². The highest BCUT2D eigenvalue weighted by Gasteiger charge is 2.30. The lowest BCUT2D eigenvalue weighted by atomic mass is 10.1. The number of aromatic nitrogens is 3. The van der Waals surface area contributed by atoms with Gasteiger partial charge in [-0.1, -0.05) is 0 Å². The van der Waals surface area contributed by atoms with Crippen molar-refractivity contribution in [2.75, 3.05) is 6.61 Å². The van der Waals surface area contributed by atoms with E-state index in [9.17, 15) is 13.6 Å². The number of nitrogens with zero attached hydrogens (tertiary/aromatic N) is 3. The topological polar surface area (TPSA) is 68.5 Å². The van der Waals surface area contributed by atoms with Gasteiger partial charge in [0.15, 0.2) is 5.65 Å². The van der Waals surface area contributed by atoms with Gasteiger partial charge in [0.1, 0.15) is 11.3 Å². The third-order valence-corrected chi connectivity index (χ3v) is 4.86. The summed E-state index contributed by atoms with van der Waals surface area (Å²) in [6, 6.07) is 1.24. The van der Waals surface area contributed by atoms with Gasteiger partial charge in [0.05, 0.1) is 18.3 Å². The van der Waals surface area contributed by atoms with Gasteiger partial charge < -0.3 is 10.1 Å². The summed E-state index contributed by atoms with van der Waals surface area (Å²) < 4.78 is 33.4. The van der Waals surface area contributed by atoms with E-state index in [1.807, 2.05) is 6.92 Å². The summed E-state index contributed by atoms with van der Waals surface area (Å²) in [4.78, 5) is 17.1. The van der Waals surface area contributed by atoms with Crippen LogP contribution in [0.5, 0.6) is 0 Å². The van der Waals surface area contributed by atoms with E-state index in [1.165, 1.54) is 12.3 Å². The fourth-order valence-corrected chi connectivity index (χ4v) is 3.28. The molecule has 6 nitrogen and oxygen atoms in total. The molecule has 2 aliphatic rings. The zero-order valence-corrected chi connectivity index (χ0v) is 13.9. The Morgan fingerprint density at radius 2 is 2.20 bits per heavy atom. The van der Waals surface area contributed by atoms with Gasteiger partial charge in [0.25, 0.3) is 12.3 Å². The standard InChI is InChI=1S/C17H20F2N4O2/c1-9(14-3-2-6-25-14)21-17(24)11-8-20-23-13(15(18)19)7-12(10-4-5-10)22-16(11)23/h7-10,14-15H,2-6H2,1H3,(H,21,24). The van der Waals surface area contributed by atoms with E-state index in [0.717, 1.165) is 30.2 Å². The van der Waals surface area contributed by atoms with Crippen molar-refractivity contribution in [2.24, 2.45) is 0 Å². The van der Waals surface area contributed by atoms with Crippen LogP contribution in [0.3, 0.4) is 0 Å². The molecule has 2 unspecified atom stereocenters. The minimum absolute atomic E-state index is 0.0163. The first-order valence-corrected chi connectivity index (χ1v) is 8.64. The van der Waals surface area contributed by atoms with Crippen molar-refractivity contribution >= 4 is 11.6 Å². The highest BCUT2D eigenvalue weighted by Crippen LogP contribution is 2.40. The van der Waals surface area contributed by atoms with Crippen LogP contribution >= 0.6 is 0 Å². The second-order valence-corrected chi connectivity index (χ2v) is 6.79. The SMILES string of the molecule is CC(NC(=O)c1cnn2c(C(F)F)cc(C3CC3)nc12)C1CCCO1. The Morgan fingerprint density at radius 3 is 2.84 bits per heavy atom. The maximum atomic E-state index is 13.4. The number of hydrogen-bond acceptors (Lipinski definition) is 4. The van der Waals surface area contributed by atoms with E-state index in [0.29, 0.717) is 12.3 Å². The van der Waals surface area contributed by atoms with Gasteiger partial charge in [-0.05, 0) is 38.7 Å². The molecule has 2 atom stereocenters. The zero-order chi connectivity index (χ0) is 17.6. The number of carbonyl (C=O) groups is 1. The molecule has 1 N–H and O–H groups in total. The number of ether oxygens (including phenoxy) is 1. The molecule has 0 bridgehead atoms. The molecule has 1 saturated heterocycles. The van der Waals surface area contributed by atoms with Gasteiger partial charge in [-0.15, -0.1) is 0 Å². The van der Waals surface area contributed by atoms with Gasteiger partial charge in [0.2, 0.25) is 0 Å². The van der Waals surface area contributed by atoms with Crippen LogP contribution in [0.25, 0.3) is 5.65 Å². The first-order valence-electron chi connectivity index (χ1n) is 8.64. The zero-order valence-electron chi connectivity index (χ0n) is 13.9. The molecular weight excluding hydrogens is 330 g/mol. The lowest BCUT2D eigenvalue weighted by molar-refractivity contribution is 0.0713. The Balaban J connectivity index is 1.65. The molecule has 25 heavy (non-hydrogen) atoms. The van der Waals surface area contributed by atoms with Crippen LogP contribution in [0.4, 0.5) is 8.78 Å². The first-order chi connectivity index (χ1) is 12.0. The molecule has 0 spiro atoms. The monoisotopic (exact) mass is 350 g/mol. The smallest absolute Gasteiger partial charge is 0.280 e. The third kappa shape index (κ3) is 3.10. The molecule has 8 heteroatoms. The Bertz CT molecular complexity index is 797. The van der Waals surface area contributed by atoms with Crippen molar-refractivity contribution in [1.82, 2.24) is 19.9 Å². The van der Waals surface area contributed by atoms with Crippen LogP contribution in [0.15, 0.2) is 12.3 Å². The Morgan fingerprint density at radius 1 is 1.40 bits per heavy atom. The second-order valence-electron chi connectivity index (χ2n) is 6.79. The molecule has 2 aromatic rings. The molecule has 0 radical (unpaired) electrons. The van der Waals surface area contributed by atoms with E-state index in [1.54, 1.807) is 0 Å². The van der Waals surface area contributed by atoms with Crippen LogP contribution in [0.1, 0.15) is 66.7 Å². The number of alkyl halides is 2. The van der Waals surface area contributed by atoms with Crippen molar-refractivity contribution in [3.8, 4) is 0 Å². The van der Waals surface area contributed by atoms with Gasteiger partial charge in [-0.3, -0.25) is 4.79 Å². The first kappa shape index (κ1) is 16.4. The molecule has 1 aliphatic carbocycles. The Hall–Kier alpha value is -2.09. The molecule has 0 aromatic carbocycles. The average Bonchev–Trinajstić information content (AvgIpc) is 3.11. The summed E-state index contributed by atoms with van der Waals surface area (Å²) >= 11 is 0. The number of nitrogens with one attached hydrogen (secondary N) is 1. The average molecular weight is 350 g/mol. The van der Waals surface area contributed by atoms with E-state index in [2.05, 4.69) is 15.4 Å². The summed E-state index contributed by atoms with van der Waals surface area (Å²) in [6.07, 6.45) is 2.38. The predicted molar refractivity (Wildman–Crippen MR) is 85.8 cm³/mol. The summed E-state index contributed by atoms with van der Waals surface area (Å²) in [7, 11) is 0. The highest BCUT2D eigenvalue weighted by atomic mass is 19.3. The second kappa shape index (κ2) is 6.33. The van der Waals surface area contributed by atoms with E-state index >= 15 is 0 Å². The number of carbonyl (C=O) groups excluding carboxylic acids is 1. The maximum absolute atomic E-state index is 13.4. The fourth-order valence-electron chi connectivity index (χ4n) is 3.28. The van der Waals surface area contributed by atoms with Gasteiger partial charge in [0, 0.05) is 18.2 Å². The van der Waals surface area contributed by atoms with Crippen molar-refractivity contribution in [1.29, 1.82) is 0 Å². The highest BCUT2D eigenvalue weighted by molar-refractivity contribution is 5.99. The van der Waals surface area contributed by atoms with Crippen molar-refractivity contribution < 1.29 is 18.3 Å². The normalized spacial score (nSPS) is 21.8. The third-order valence-electron chi connectivity index (χ3n) is 4.86. The maximum Gasteiger partial charge on any atom is 0.280 e. The van der Waals surface area contributed by atoms with E-state index in [4.69, 9.17) is 4.74 Å². The minimum Gasteiger partial charge on any atom is -0.376 e. The number of rotatable bonds is 5. The van der Waals surface area contributed by atoms with Crippen molar-refractivity contribution in [2.45, 2.75) is 57.1 Å². The molecule has 3 heterocycles. The van der Waals surface area contributed by atoms with Crippen molar-refractivity contribution in [3.63, 3.8) is 0 Å². The summed E-state index contributed by atoms with van der Waals surface area (Å²) in [5, 5.41) is 6.85. The van der Waals surface area contributed by atoms with Crippen LogP contribution in [-0.4, -0.2) is 39.3 Å². The summed E-state index contributed by atoms with van der Waals surface area (Å²) in [5.74, 6) is -0.155. The number of halogens is 2. The molecule has 2 aromatic heterocycles. The molecular formula is C17H20F2N4O2. The van der Waals surface area contributed by atoms with E-state index < -0.39 is 6.43 Å². The Labute approximate surface area is 143 Å². The molecule has 4 rings (SSSR count). The number of amides is 1. The van der Waals surface area contributed by atoms with Gasteiger partial charge in [-0.25, -0.2) is 18.3 Å². The van der Waals surface area contributed by atoms with Crippen LogP contribution < -0.4 is 5.32 Å².